The maximum absolute atomic E-state index is 13.4. The molecule has 0 aliphatic carbocycles. The SMILES string of the molecule is Nc1ccc(F)c(F)c1NC(=O)c1cncnc1. The van der Waals surface area contributed by atoms with Crippen LogP contribution in [-0.2, 0) is 0 Å². The summed E-state index contributed by atoms with van der Waals surface area (Å²) in [6.45, 7) is 0. The van der Waals surface area contributed by atoms with Crippen LogP contribution in [0, 0.1) is 11.6 Å². The highest BCUT2D eigenvalue weighted by atomic mass is 19.2. The van der Waals surface area contributed by atoms with Crippen molar-refractivity contribution in [3.63, 3.8) is 0 Å². The summed E-state index contributed by atoms with van der Waals surface area (Å²) in [6, 6.07) is 2.04. The standard InChI is InChI=1S/C11H8F2N4O/c12-7-1-2-8(14)10(9(7)13)17-11(18)6-3-15-5-16-4-6/h1-5H,14H2,(H,17,18). The van der Waals surface area contributed by atoms with Gasteiger partial charge in [0.05, 0.1) is 11.3 Å². The Morgan fingerprint density at radius 3 is 2.56 bits per heavy atom. The number of hydrogen-bond donors (Lipinski definition) is 2. The highest BCUT2D eigenvalue weighted by Crippen LogP contribution is 2.24. The van der Waals surface area contributed by atoms with Crippen LogP contribution in [0.1, 0.15) is 10.4 Å². The number of carbonyl (C=O) groups excluding carboxylic acids is 1. The fraction of sp³-hybridized carbons (Fsp3) is 0. The predicted octanol–water partition coefficient (Wildman–Crippen LogP) is 1.59. The van der Waals surface area contributed by atoms with E-state index in [0.29, 0.717) is 0 Å². The Labute approximate surface area is 101 Å². The van der Waals surface area contributed by atoms with Crippen LogP contribution in [-0.4, -0.2) is 15.9 Å². The van der Waals surface area contributed by atoms with Crippen molar-refractivity contribution >= 4 is 17.3 Å². The van der Waals surface area contributed by atoms with E-state index >= 15 is 0 Å². The number of carbonyl (C=O) groups is 1. The highest BCUT2D eigenvalue weighted by molar-refractivity contribution is 6.05. The molecule has 0 saturated carbocycles. The lowest BCUT2D eigenvalue weighted by Crippen LogP contribution is -2.15. The molecule has 1 heterocycles. The number of benzene rings is 1. The quantitative estimate of drug-likeness (QED) is 0.793. The van der Waals surface area contributed by atoms with Gasteiger partial charge in [-0.25, -0.2) is 18.7 Å². The Bertz CT molecular complexity index is 589. The summed E-state index contributed by atoms with van der Waals surface area (Å²) in [6.07, 6.45) is 3.74. The maximum Gasteiger partial charge on any atom is 0.258 e. The molecule has 0 saturated heterocycles. The molecule has 0 aliphatic heterocycles. The van der Waals surface area contributed by atoms with E-state index in [1.807, 2.05) is 0 Å². The fourth-order valence-corrected chi connectivity index (χ4v) is 1.29. The van der Waals surface area contributed by atoms with Crippen molar-refractivity contribution in [1.82, 2.24) is 9.97 Å². The van der Waals surface area contributed by atoms with E-state index in [-0.39, 0.29) is 11.3 Å². The zero-order chi connectivity index (χ0) is 13.1. The first-order chi connectivity index (χ1) is 8.59. The average molecular weight is 250 g/mol. The van der Waals surface area contributed by atoms with Gasteiger partial charge in [0.25, 0.3) is 5.91 Å². The van der Waals surface area contributed by atoms with E-state index in [4.69, 9.17) is 5.73 Å². The summed E-state index contributed by atoms with van der Waals surface area (Å²) >= 11 is 0. The minimum atomic E-state index is -1.21. The van der Waals surface area contributed by atoms with E-state index in [9.17, 15) is 13.6 Å². The Balaban J connectivity index is 2.30. The molecule has 0 bridgehead atoms. The lowest BCUT2D eigenvalue weighted by Gasteiger charge is -2.09. The summed E-state index contributed by atoms with van der Waals surface area (Å²) in [5, 5.41) is 2.18. The normalized spacial score (nSPS) is 10.1. The molecule has 0 atom stereocenters. The average Bonchev–Trinajstić information content (AvgIpc) is 2.40. The van der Waals surface area contributed by atoms with Crippen molar-refractivity contribution < 1.29 is 13.6 Å². The summed E-state index contributed by atoms with van der Waals surface area (Å²) in [7, 11) is 0. The number of nitrogens with one attached hydrogen (secondary N) is 1. The Morgan fingerprint density at radius 1 is 1.22 bits per heavy atom. The van der Waals surface area contributed by atoms with Gasteiger partial charge in [-0.15, -0.1) is 0 Å². The minimum absolute atomic E-state index is 0.0703. The van der Waals surface area contributed by atoms with Gasteiger partial charge in [-0.3, -0.25) is 4.79 Å². The Hall–Kier alpha value is -2.57. The molecule has 0 unspecified atom stereocenters. The smallest absolute Gasteiger partial charge is 0.258 e. The van der Waals surface area contributed by atoms with Crippen LogP contribution < -0.4 is 11.1 Å². The largest absolute Gasteiger partial charge is 0.397 e. The number of hydrogen-bond acceptors (Lipinski definition) is 4. The van der Waals surface area contributed by atoms with E-state index < -0.39 is 23.2 Å². The van der Waals surface area contributed by atoms with E-state index in [2.05, 4.69) is 15.3 Å². The molecule has 2 rings (SSSR count). The highest BCUT2D eigenvalue weighted by Gasteiger charge is 2.15. The van der Waals surface area contributed by atoms with Gasteiger partial charge in [-0.05, 0) is 12.1 Å². The van der Waals surface area contributed by atoms with Gasteiger partial charge in [0.2, 0.25) is 0 Å². The second-order valence-corrected chi connectivity index (χ2v) is 3.41. The molecule has 0 aliphatic rings. The zero-order valence-electron chi connectivity index (χ0n) is 9.02. The number of amides is 1. The molecule has 0 radical (unpaired) electrons. The zero-order valence-corrected chi connectivity index (χ0v) is 9.02. The van der Waals surface area contributed by atoms with Crippen LogP contribution in [0.5, 0.6) is 0 Å². The third-order valence-corrected chi connectivity index (χ3v) is 2.19. The van der Waals surface area contributed by atoms with Gasteiger partial charge in [0, 0.05) is 12.4 Å². The first kappa shape index (κ1) is 11.9. The van der Waals surface area contributed by atoms with Gasteiger partial charge >= 0.3 is 0 Å². The van der Waals surface area contributed by atoms with Gasteiger partial charge in [0.1, 0.15) is 12.0 Å². The number of aromatic nitrogens is 2. The Kier molecular flexibility index (Phi) is 3.13. The Morgan fingerprint density at radius 2 is 1.89 bits per heavy atom. The van der Waals surface area contributed by atoms with Crippen molar-refractivity contribution in [3.05, 3.63) is 48.1 Å². The summed E-state index contributed by atoms with van der Waals surface area (Å²) in [5.74, 6) is -2.98. The molecule has 0 fully saturated rings. The lowest BCUT2D eigenvalue weighted by molar-refractivity contribution is 0.102. The van der Waals surface area contributed by atoms with Crippen LogP contribution in [0.4, 0.5) is 20.2 Å². The number of nitrogens with zero attached hydrogens (tertiary/aromatic N) is 2. The molecular formula is C11H8F2N4O. The van der Waals surface area contributed by atoms with Crippen LogP contribution in [0.25, 0.3) is 0 Å². The molecule has 2 aromatic rings. The lowest BCUT2D eigenvalue weighted by atomic mass is 10.2. The monoisotopic (exact) mass is 250 g/mol. The molecule has 7 heteroatoms. The van der Waals surface area contributed by atoms with Crippen molar-refractivity contribution in [2.75, 3.05) is 11.1 Å². The van der Waals surface area contributed by atoms with Crippen LogP contribution >= 0.6 is 0 Å². The molecule has 5 nitrogen and oxygen atoms in total. The molecule has 3 N–H and O–H groups in total. The molecule has 92 valence electrons. The molecule has 1 amide bonds. The number of anilines is 2. The first-order valence-corrected chi connectivity index (χ1v) is 4.89. The van der Waals surface area contributed by atoms with Crippen LogP contribution in [0.2, 0.25) is 0 Å². The second-order valence-electron chi connectivity index (χ2n) is 3.41. The van der Waals surface area contributed by atoms with Gasteiger partial charge < -0.3 is 11.1 Å². The molecule has 1 aromatic carbocycles. The molecule has 18 heavy (non-hydrogen) atoms. The topological polar surface area (TPSA) is 80.9 Å². The van der Waals surface area contributed by atoms with Gasteiger partial charge in [-0.2, -0.15) is 0 Å². The van der Waals surface area contributed by atoms with E-state index in [1.54, 1.807) is 0 Å². The van der Waals surface area contributed by atoms with Crippen molar-refractivity contribution in [1.29, 1.82) is 0 Å². The molecular weight excluding hydrogens is 242 g/mol. The van der Waals surface area contributed by atoms with Crippen molar-refractivity contribution in [2.24, 2.45) is 0 Å². The summed E-state index contributed by atoms with van der Waals surface area (Å²) in [5.41, 5.74) is 5.11. The first-order valence-electron chi connectivity index (χ1n) is 4.89. The summed E-state index contributed by atoms with van der Waals surface area (Å²) < 4.78 is 26.4. The number of halogens is 2. The van der Waals surface area contributed by atoms with E-state index in [0.717, 1.165) is 12.1 Å². The minimum Gasteiger partial charge on any atom is -0.397 e. The van der Waals surface area contributed by atoms with Crippen LogP contribution in [0.15, 0.2) is 30.9 Å². The van der Waals surface area contributed by atoms with Gasteiger partial charge in [-0.1, -0.05) is 0 Å². The number of nitrogens with two attached hydrogens (primary N) is 1. The third kappa shape index (κ3) is 2.24. The third-order valence-electron chi connectivity index (χ3n) is 2.19. The number of rotatable bonds is 2. The molecule has 0 spiro atoms. The van der Waals surface area contributed by atoms with Crippen molar-refractivity contribution in [2.45, 2.75) is 0 Å². The number of nitrogen functional groups attached to an aromatic ring is 1. The maximum atomic E-state index is 13.4. The summed E-state index contributed by atoms with van der Waals surface area (Å²) in [4.78, 5) is 19.0. The second kappa shape index (κ2) is 4.74. The van der Waals surface area contributed by atoms with Crippen LogP contribution in [0.3, 0.4) is 0 Å². The predicted molar refractivity (Wildman–Crippen MR) is 60.8 cm³/mol. The van der Waals surface area contributed by atoms with E-state index in [1.165, 1.54) is 18.7 Å². The van der Waals surface area contributed by atoms with Crippen molar-refractivity contribution in [3.8, 4) is 0 Å². The molecule has 1 aromatic heterocycles. The van der Waals surface area contributed by atoms with Gasteiger partial charge in [0.15, 0.2) is 11.6 Å². The fourth-order valence-electron chi connectivity index (χ4n) is 1.29.